The summed E-state index contributed by atoms with van der Waals surface area (Å²) in [5, 5.41) is 6.36. The number of anilines is 1. The van der Waals surface area contributed by atoms with Gasteiger partial charge in [-0.15, -0.1) is 0 Å². The molecule has 0 saturated heterocycles. The molecule has 108 valence electrons. The van der Waals surface area contributed by atoms with Gasteiger partial charge >= 0.3 is 0 Å². The molecule has 0 spiro atoms. The van der Waals surface area contributed by atoms with Crippen LogP contribution in [-0.4, -0.2) is 12.5 Å². The summed E-state index contributed by atoms with van der Waals surface area (Å²) in [6.07, 6.45) is 0.975. The Labute approximate surface area is 138 Å². The van der Waals surface area contributed by atoms with Gasteiger partial charge in [-0.2, -0.15) is 0 Å². The molecule has 3 nitrogen and oxygen atoms in total. The summed E-state index contributed by atoms with van der Waals surface area (Å²) in [4.78, 5) is 12.6. The maximum absolute atomic E-state index is 12.6. The molecule has 0 bridgehead atoms. The second-order valence-corrected chi connectivity index (χ2v) is 6.53. The molecular formula is C17H17IN2O. The van der Waals surface area contributed by atoms with Crippen molar-refractivity contribution in [2.75, 3.05) is 11.9 Å². The minimum atomic E-state index is -0.270. The van der Waals surface area contributed by atoms with Crippen molar-refractivity contribution in [2.45, 2.75) is 19.4 Å². The van der Waals surface area contributed by atoms with Crippen molar-refractivity contribution >= 4 is 34.2 Å². The molecule has 0 saturated carbocycles. The van der Waals surface area contributed by atoms with E-state index in [-0.39, 0.29) is 11.9 Å². The molecule has 1 aliphatic rings. The van der Waals surface area contributed by atoms with Crippen molar-refractivity contribution < 1.29 is 4.79 Å². The number of nitrogens with one attached hydrogen (secondary N) is 2. The van der Waals surface area contributed by atoms with Gasteiger partial charge in [-0.05, 0) is 70.8 Å². The fourth-order valence-electron chi connectivity index (χ4n) is 2.71. The van der Waals surface area contributed by atoms with E-state index < -0.39 is 0 Å². The van der Waals surface area contributed by atoms with Crippen LogP contribution in [0.5, 0.6) is 0 Å². The highest BCUT2D eigenvalue weighted by Crippen LogP contribution is 2.25. The number of amides is 1. The monoisotopic (exact) mass is 392 g/mol. The number of benzene rings is 2. The number of fused-ring (bicyclic) bond motifs is 1. The van der Waals surface area contributed by atoms with E-state index in [1.807, 2.05) is 37.3 Å². The van der Waals surface area contributed by atoms with E-state index in [0.717, 1.165) is 29.8 Å². The standard InChI is InChI=1S/C17H17IN2O/c1-11-10-13(18)6-7-15(11)20-17(21)16-14-5-3-2-4-12(14)8-9-19-16/h2-7,10,16,19H,8-9H2,1H3,(H,20,21). The molecule has 2 aromatic carbocycles. The first-order valence-corrected chi connectivity index (χ1v) is 8.11. The third kappa shape index (κ3) is 3.11. The highest BCUT2D eigenvalue weighted by molar-refractivity contribution is 14.1. The second kappa shape index (κ2) is 6.15. The van der Waals surface area contributed by atoms with E-state index in [0.29, 0.717) is 0 Å². The van der Waals surface area contributed by atoms with E-state index in [1.54, 1.807) is 0 Å². The number of carbonyl (C=O) groups is 1. The van der Waals surface area contributed by atoms with E-state index in [9.17, 15) is 4.79 Å². The zero-order valence-electron chi connectivity index (χ0n) is 11.8. The van der Waals surface area contributed by atoms with Crippen molar-refractivity contribution in [2.24, 2.45) is 0 Å². The lowest BCUT2D eigenvalue weighted by atomic mass is 9.94. The van der Waals surface area contributed by atoms with Gasteiger partial charge < -0.3 is 10.6 Å². The van der Waals surface area contributed by atoms with Crippen LogP contribution >= 0.6 is 22.6 Å². The van der Waals surface area contributed by atoms with Gasteiger partial charge in [0.2, 0.25) is 5.91 Å². The first-order valence-electron chi connectivity index (χ1n) is 7.03. The number of carbonyl (C=O) groups excluding carboxylic acids is 1. The van der Waals surface area contributed by atoms with Gasteiger partial charge in [0.1, 0.15) is 6.04 Å². The molecule has 0 radical (unpaired) electrons. The van der Waals surface area contributed by atoms with Crippen molar-refractivity contribution in [3.63, 3.8) is 0 Å². The molecule has 1 atom stereocenters. The van der Waals surface area contributed by atoms with Gasteiger partial charge in [-0.25, -0.2) is 0 Å². The Balaban J connectivity index is 1.83. The van der Waals surface area contributed by atoms with Gasteiger partial charge in [0.05, 0.1) is 0 Å². The van der Waals surface area contributed by atoms with E-state index in [4.69, 9.17) is 0 Å². The molecule has 1 unspecified atom stereocenters. The zero-order valence-corrected chi connectivity index (χ0v) is 14.0. The zero-order chi connectivity index (χ0) is 14.8. The van der Waals surface area contributed by atoms with E-state index in [2.05, 4.69) is 45.4 Å². The molecule has 4 heteroatoms. The topological polar surface area (TPSA) is 41.1 Å². The number of rotatable bonds is 2. The third-order valence-corrected chi connectivity index (χ3v) is 4.49. The summed E-state index contributed by atoms with van der Waals surface area (Å²) in [5.74, 6) is 0.00598. The Hall–Kier alpha value is -1.40. The molecule has 2 aromatic rings. The molecule has 21 heavy (non-hydrogen) atoms. The Kier molecular flexibility index (Phi) is 4.26. The highest BCUT2D eigenvalue weighted by Gasteiger charge is 2.25. The number of hydrogen-bond donors (Lipinski definition) is 2. The van der Waals surface area contributed by atoms with Gasteiger partial charge in [0, 0.05) is 15.8 Å². The van der Waals surface area contributed by atoms with Crippen molar-refractivity contribution in [1.82, 2.24) is 5.32 Å². The SMILES string of the molecule is Cc1cc(I)ccc1NC(=O)C1NCCc2ccccc21. The molecule has 1 amide bonds. The summed E-state index contributed by atoms with van der Waals surface area (Å²) in [6, 6.07) is 13.9. The molecule has 0 aromatic heterocycles. The van der Waals surface area contributed by atoms with Gasteiger partial charge in [0.15, 0.2) is 0 Å². The maximum atomic E-state index is 12.6. The lowest BCUT2D eigenvalue weighted by Gasteiger charge is -2.26. The summed E-state index contributed by atoms with van der Waals surface area (Å²) < 4.78 is 1.17. The summed E-state index contributed by atoms with van der Waals surface area (Å²) in [6.45, 7) is 2.85. The normalized spacial score (nSPS) is 17.1. The maximum Gasteiger partial charge on any atom is 0.246 e. The minimum absolute atomic E-state index is 0.00598. The van der Waals surface area contributed by atoms with Crippen molar-refractivity contribution in [1.29, 1.82) is 0 Å². The Bertz CT molecular complexity index is 684. The average Bonchev–Trinajstić information content (AvgIpc) is 2.49. The summed E-state index contributed by atoms with van der Waals surface area (Å²) in [5.41, 5.74) is 4.31. The number of hydrogen-bond acceptors (Lipinski definition) is 2. The fraction of sp³-hybridized carbons (Fsp3) is 0.235. The average molecular weight is 392 g/mol. The molecular weight excluding hydrogens is 375 g/mol. The molecule has 2 N–H and O–H groups in total. The van der Waals surface area contributed by atoms with Crippen LogP contribution in [0.25, 0.3) is 0 Å². The van der Waals surface area contributed by atoms with Crippen LogP contribution in [0, 0.1) is 10.5 Å². The van der Waals surface area contributed by atoms with Crippen LogP contribution < -0.4 is 10.6 Å². The number of aryl methyl sites for hydroxylation is 1. The molecule has 0 aliphatic carbocycles. The second-order valence-electron chi connectivity index (χ2n) is 5.28. The lowest BCUT2D eigenvalue weighted by Crippen LogP contribution is -2.38. The largest absolute Gasteiger partial charge is 0.324 e. The molecule has 0 fully saturated rings. The van der Waals surface area contributed by atoms with Crippen LogP contribution in [0.3, 0.4) is 0 Å². The first-order chi connectivity index (χ1) is 10.1. The van der Waals surface area contributed by atoms with Crippen molar-refractivity contribution in [3.8, 4) is 0 Å². The van der Waals surface area contributed by atoms with Crippen LogP contribution in [0.2, 0.25) is 0 Å². The lowest BCUT2D eigenvalue weighted by molar-refractivity contribution is -0.118. The van der Waals surface area contributed by atoms with Crippen LogP contribution in [0.4, 0.5) is 5.69 Å². The van der Waals surface area contributed by atoms with Gasteiger partial charge in [-0.3, -0.25) is 4.79 Å². The summed E-state index contributed by atoms with van der Waals surface area (Å²) in [7, 11) is 0. The third-order valence-electron chi connectivity index (χ3n) is 3.82. The smallest absolute Gasteiger partial charge is 0.246 e. The first kappa shape index (κ1) is 14.5. The highest BCUT2D eigenvalue weighted by atomic mass is 127. The Morgan fingerprint density at radius 3 is 2.90 bits per heavy atom. The predicted molar refractivity (Wildman–Crippen MR) is 93.4 cm³/mol. The van der Waals surface area contributed by atoms with E-state index >= 15 is 0 Å². The molecule has 1 aliphatic heterocycles. The molecule has 3 rings (SSSR count). The van der Waals surface area contributed by atoms with Gasteiger partial charge in [-0.1, -0.05) is 24.3 Å². The molecule has 1 heterocycles. The van der Waals surface area contributed by atoms with Crippen molar-refractivity contribution in [3.05, 3.63) is 62.7 Å². The summed E-state index contributed by atoms with van der Waals surface area (Å²) >= 11 is 2.27. The number of halogens is 1. The Morgan fingerprint density at radius 1 is 1.29 bits per heavy atom. The predicted octanol–water partition coefficient (Wildman–Crippen LogP) is 3.43. The van der Waals surface area contributed by atoms with Crippen LogP contribution in [0.15, 0.2) is 42.5 Å². The fourth-order valence-corrected chi connectivity index (χ4v) is 3.36. The minimum Gasteiger partial charge on any atom is -0.324 e. The Morgan fingerprint density at radius 2 is 2.10 bits per heavy atom. The van der Waals surface area contributed by atoms with E-state index in [1.165, 1.54) is 9.13 Å². The van der Waals surface area contributed by atoms with Gasteiger partial charge in [0.25, 0.3) is 0 Å². The van der Waals surface area contributed by atoms with Crippen LogP contribution in [-0.2, 0) is 11.2 Å². The quantitative estimate of drug-likeness (QED) is 0.770. The van der Waals surface area contributed by atoms with Crippen LogP contribution in [0.1, 0.15) is 22.7 Å².